The second-order valence-corrected chi connectivity index (χ2v) is 4.39. The van der Waals surface area contributed by atoms with Crippen LogP contribution in [0.15, 0.2) is 52.0 Å². The molecule has 0 radical (unpaired) electrons. The number of rotatable bonds is 2. The molecule has 2 N–H and O–H groups in total. The molecular formula is C12H9BrN2O2. The Hall–Kier alpha value is -1.88. The van der Waals surface area contributed by atoms with E-state index < -0.39 is 5.91 Å². The molecule has 1 aromatic heterocycles. The van der Waals surface area contributed by atoms with E-state index in [-0.39, 0.29) is 11.0 Å². The molecule has 0 aliphatic carbocycles. The maximum atomic E-state index is 11.4. The van der Waals surface area contributed by atoms with Crippen molar-refractivity contribution >= 4 is 21.8 Å². The van der Waals surface area contributed by atoms with E-state index in [1.807, 2.05) is 24.3 Å². The maximum Gasteiger partial charge on any atom is 0.254 e. The van der Waals surface area contributed by atoms with Crippen molar-refractivity contribution in [1.29, 1.82) is 0 Å². The monoisotopic (exact) mass is 292 g/mol. The fraction of sp³-hybridized carbons (Fsp3) is 0. The topological polar surface area (TPSA) is 65.1 Å². The molecule has 2 aromatic rings. The van der Waals surface area contributed by atoms with Crippen molar-refractivity contribution in [2.24, 2.45) is 5.73 Å². The van der Waals surface area contributed by atoms with Gasteiger partial charge in [-0.05, 0) is 24.3 Å². The molecule has 1 aromatic carbocycles. The quantitative estimate of drug-likeness (QED) is 0.916. The normalized spacial score (nSPS) is 10.2. The van der Waals surface area contributed by atoms with Crippen molar-refractivity contribution in [3.8, 4) is 5.69 Å². The van der Waals surface area contributed by atoms with E-state index in [1.165, 1.54) is 12.3 Å². The lowest BCUT2D eigenvalue weighted by Crippen LogP contribution is -2.22. The summed E-state index contributed by atoms with van der Waals surface area (Å²) in [6.07, 6.45) is 3.03. The van der Waals surface area contributed by atoms with Crippen molar-refractivity contribution in [1.82, 2.24) is 4.57 Å². The van der Waals surface area contributed by atoms with Crippen LogP contribution in [0.1, 0.15) is 10.4 Å². The number of primary amides is 1. The van der Waals surface area contributed by atoms with Crippen LogP contribution < -0.4 is 11.2 Å². The minimum absolute atomic E-state index is 0.0181. The van der Waals surface area contributed by atoms with Crippen molar-refractivity contribution < 1.29 is 4.79 Å². The SMILES string of the molecule is NC(=O)c1cn(-c2ccc(Br)cc2)ccc1=O. The summed E-state index contributed by atoms with van der Waals surface area (Å²) in [6.45, 7) is 0. The second kappa shape index (κ2) is 4.55. The molecule has 0 aliphatic heterocycles. The summed E-state index contributed by atoms with van der Waals surface area (Å²) in [7, 11) is 0. The number of hydrogen-bond acceptors (Lipinski definition) is 2. The van der Waals surface area contributed by atoms with Gasteiger partial charge in [-0.25, -0.2) is 0 Å². The Labute approximate surface area is 106 Å². The summed E-state index contributed by atoms with van der Waals surface area (Å²) in [4.78, 5) is 22.4. The number of nitrogens with zero attached hydrogens (tertiary/aromatic N) is 1. The molecule has 86 valence electrons. The van der Waals surface area contributed by atoms with E-state index >= 15 is 0 Å². The minimum atomic E-state index is -0.721. The fourth-order valence-corrected chi connectivity index (χ4v) is 1.71. The number of pyridine rings is 1. The van der Waals surface area contributed by atoms with Gasteiger partial charge in [0.2, 0.25) is 0 Å². The highest BCUT2D eigenvalue weighted by Crippen LogP contribution is 2.13. The molecule has 0 saturated heterocycles. The largest absolute Gasteiger partial charge is 0.365 e. The van der Waals surface area contributed by atoms with Gasteiger partial charge in [-0.3, -0.25) is 9.59 Å². The number of amides is 1. The van der Waals surface area contributed by atoms with Crippen LogP contribution >= 0.6 is 15.9 Å². The first-order chi connectivity index (χ1) is 8.08. The number of nitrogens with two attached hydrogens (primary N) is 1. The van der Waals surface area contributed by atoms with Crippen molar-refractivity contribution in [2.75, 3.05) is 0 Å². The molecule has 5 heteroatoms. The van der Waals surface area contributed by atoms with Crippen molar-refractivity contribution in [3.63, 3.8) is 0 Å². The summed E-state index contributed by atoms with van der Waals surface area (Å²) in [5, 5.41) is 0. The number of aromatic nitrogens is 1. The Kier molecular flexibility index (Phi) is 3.10. The average Bonchev–Trinajstić information content (AvgIpc) is 2.30. The zero-order valence-corrected chi connectivity index (χ0v) is 10.3. The molecular weight excluding hydrogens is 284 g/mol. The Morgan fingerprint density at radius 2 is 1.82 bits per heavy atom. The van der Waals surface area contributed by atoms with Crippen molar-refractivity contribution in [3.05, 3.63) is 63.0 Å². The summed E-state index contributed by atoms with van der Waals surface area (Å²) < 4.78 is 2.63. The molecule has 1 amide bonds. The number of carbonyl (C=O) groups is 1. The average molecular weight is 293 g/mol. The van der Waals surface area contributed by atoms with Gasteiger partial charge in [-0.15, -0.1) is 0 Å². The molecule has 0 atom stereocenters. The highest BCUT2D eigenvalue weighted by atomic mass is 79.9. The molecule has 4 nitrogen and oxygen atoms in total. The zero-order valence-electron chi connectivity index (χ0n) is 8.76. The molecule has 0 fully saturated rings. The number of hydrogen-bond donors (Lipinski definition) is 1. The summed E-state index contributed by atoms with van der Waals surface area (Å²) >= 11 is 3.33. The third kappa shape index (κ3) is 2.45. The molecule has 0 spiro atoms. The van der Waals surface area contributed by atoms with E-state index in [1.54, 1.807) is 10.8 Å². The van der Waals surface area contributed by atoms with Crippen LogP contribution in [-0.2, 0) is 0 Å². The molecule has 0 aliphatic rings. The van der Waals surface area contributed by atoms with Gasteiger partial charge in [0, 0.05) is 28.6 Å². The highest BCUT2D eigenvalue weighted by Gasteiger charge is 2.06. The summed E-state index contributed by atoms with van der Waals surface area (Å²) in [5.41, 5.74) is 5.58. The third-order valence-electron chi connectivity index (χ3n) is 2.31. The highest BCUT2D eigenvalue weighted by molar-refractivity contribution is 9.10. The van der Waals surface area contributed by atoms with Gasteiger partial charge in [-0.2, -0.15) is 0 Å². The van der Waals surface area contributed by atoms with Gasteiger partial charge in [0.15, 0.2) is 5.43 Å². The zero-order chi connectivity index (χ0) is 12.4. The maximum absolute atomic E-state index is 11.4. The minimum Gasteiger partial charge on any atom is -0.365 e. The molecule has 0 saturated carbocycles. The molecule has 2 rings (SSSR count). The van der Waals surface area contributed by atoms with E-state index in [0.717, 1.165) is 10.2 Å². The van der Waals surface area contributed by atoms with Gasteiger partial charge in [-0.1, -0.05) is 15.9 Å². The Morgan fingerprint density at radius 3 is 2.41 bits per heavy atom. The van der Waals surface area contributed by atoms with E-state index in [2.05, 4.69) is 15.9 Å². The Morgan fingerprint density at radius 1 is 1.18 bits per heavy atom. The lowest BCUT2D eigenvalue weighted by atomic mass is 10.2. The molecule has 0 bridgehead atoms. The van der Waals surface area contributed by atoms with E-state index in [0.29, 0.717) is 0 Å². The number of carbonyl (C=O) groups excluding carboxylic acids is 1. The second-order valence-electron chi connectivity index (χ2n) is 3.47. The summed E-state index contributed by atoms with van der Waals surface area (Å²) in [5.74, 6) is -0.721. The van der Waals surface area contributed by atoms with Crippen LogP contribution in [0.2, 0.25) is 0 Å². The predicted molar refractivity (Wildman–Crippen MR) is 68.3 cm³/mol. The van der Waals surface area contributed by atoms with Crippen LogP contribution in [0.4, 0.5) is 0 Å². The van der Waals surface area contributed by atoms with Gasteiger partial charge in [0.1, 0.15) is 5.56 Å². The van der Waals surface area contributed by atoms with Crippen LogP contribution in [-0.4, -0.2) is 10.5 Å². The van der Waals surface area contributed by atoms with Crippen molar-refractivity contribution in [2.45, 2.75) is 0 Å². The number of halogens is 1. The molecule has 1 heterocycles. The first-order valence-corrected chi connectivity index (χ1v) is 5.65. The lowest BCUT2D eigenvalue weighted by Gasteiger charge is -2.07. The van der Waals surface area contributed by atoms with Crippen LogP contribution in [0.5, 0.6) is 0 Å². The standard InChI is InChI=1S/C12H9BrN2O2/c13-8-1-3-9(4-2-8)15-6-5-11(16)10(7-15)12(14)17/h1-7H,(H2,14,17). The first kappa shape index (κ1) is 11.6. The smallest absolute Gasteiger partial charge is 0.254 e. The first-order valence-electron chi connectivity index (χ1n) is 4.86. The third-order valence-corrected chi connectivity index (χ3v) is 2.84. The van der Waals surface area contributed by atoms with Crippen LogP contribution in [0, 0.1) is 0 Å². The van der Waals surface area contributed by atoms with Gasteiger partial charge in [0.05, 0.1) is 0 Å². The van der Waals surface area contributed by atoms with Crippen LogP contribution in [0.3, 0.4) is 0 Å². The summed E-state index contributed by atoms with van der Waals surface area (Å²) in [6, 6.07) is 8.79. The predicted octanol–water partition coefficient (Wildman–Crippen LogP) is 1.70. The van der Waals surface area contributed by atoms with E-state index in [4.69, 9.17) is 5.73 Å². The Balaban J connectivity index is 2.53. The lowest BCUT2D eigenvalue weighted by molar-refractivity contribution is 0.0998. The van der Waals surface area contributed by atoms with Gasteiger partial charge >= 0.3 is 0 Å². The number of benzene rings is 1. The molecule has 0 unspecified atom stereocenters. The van der Waals surface area contributed by atoms with Gasteiger partial charge in [0.25, 0.3) is 5.91 Å². The molecule has 17 heavy (non-hydrogen) atoms. The van der Waals surface area contributed by atoms with Gasteiger partial charge < -0.3 is 10.3 Å². The fourth-order valence-electron chi connectivity index (χ4n) is 1.44. The van der Waals surface area contributed by atoms with Crippen LogP contribution in [0.25, 0.3) is 5.69 Å². The van der Waals surface area contributed by atoms with E-state index in [9.17, 15) is 9.59 Å². The Bertz CT molecular complexity index is 617.